The van der Waals surface area contributed by atoms with Gasteiger partial charge in [0.1, 0.15) is 0 Å². The lowest BCUT2D eigenvalue weighted by Crippen LogP contribution is -2.26. The van der Waals surface area contributed by atoms with Crippen LogP contribution in [0.5, 0.6) is 0 Å². The Hall–Kier alpha value is -1.04. The van der Waals surface area contributed by atoms with Gasteiger partial charge in [0.15, 0.2) is 11.6 Å². The van der Waals surface area contributed by atoms with E-state index >= 15 is 0 Å². The Morgan fingerprint density at radius 1 is 1.20 bits per heavy atom. The molecule has 0 bridgehead atoms. The van der Waals surface area contributed by atoms with E-state index in [1.54, 1.807) is 13.1 Å². The first-order valence-corrected chi connectivity index (χ1v) is 6.68. The number of hydrogen-bond acceptors (Lipinski definition) is 3. The third-order valence-electron chi connectivity index (χ3n) is 2.75. The fourth-order valence-corrected chi connectivity index (χ4v) is 1.73. The fraction of sp³-hybridized carbons (Fsp3) is 0.600. The van der Waals surface area contributed by atoms with Crippen LogP contribution >= 0.6 is 0 Å². The molecule has 0 aliphatic rings. The maximum absolute atomic E-state index is 13.7. The second kappa shape index (κ2) is 7.67. The van der Waals surface area contributed by atoms with E-state index in [1.165, 1.54) is 6.07 Å². The van der Waals surface area contributed by atoms with Crippen LogP contribution in [0.25, 0.3) is 0 Å². The Balaban J connectivity index is 2.46. The Kier molecular flexibility index (Phi) is 6.52. The number of likely N-dealkylation sites (N-methyl/N-ethyl adjacent to an activating group) is 1. The normalized spacial score (nSPS) is 13.5. The van der Waals surface area contributed by atoms with Crippen LogP contribution in [-0.2, 0) is 9.47 Å². The Bertz CT molecular complexity index is 419. The van der Waals surface area contributed by atoms with Gasteiger partial charge in [-0.3, -0.25) is 0 Å². The average Bonchev–Trinajstić information content (AvgIpc) is 2.36. The molecular formula is C15H23F2NO2. The topological polar surface area (TPSA) is 30.5 Å². The van der Waals surface area contributed by atoms with E-state index in [0.29, 0.717) is 13.2 Å². The molecule has 0 saturated carbocycles. The lowest BCUT2D eigenvalue weighted by molar-refractivity contribution is -0.0373. The van der Waals surface area contributed by atoms with E-state index in [2.05, 4.69) is 5.32 Å². The molecule has 5 heteroatoms. The van der Waals surface area contributed by atoms with Crippen LogP contribution in [0.15, 0.2) is 18.2 Å². The summed E-state index contributed by atoms with van der Waals surface area (Å²) in [5, 5.41) is 2.92. The first-order valence-electron chi connectivity index (χ1n) is 6.68. The standard InChI is InChI=1S/C15H23F2NO2/c1-15(2,3)20-9-8-19-10-13(18-4)11-6-5-7-12(16)14(11)17/h5-7,13,18H,8-10H2,1-4H3. The van der Waals surface area contributed by atoms with Crippen molar-refractivity contribution in [2.75, 3.05) is 26.9 Å². The quantitative estimate of drug-likeness (QED) is 0.782. The molecule has 0 amide bonds. The highest BCUT2D eigenvalue weighted by molar-refractivity contribution is 5.22. The molecule has 1 aromatic rings. The van der Waals surface area contributed by atoms with Crippen LogP contribution in [0.3, 0.4) is 0 Å². The van der Waals surface area contributed by atoms with Crippen LogP contribution in [-0.4, -0.2) is 32.5 Å². The number of rotatable bonds is 7. The van der Waals surface area contributed by atoms with Gasteiger partial charge in [-0.2, -0.15) is 0 Å². The monoisotopic (exact) mass is 287 g/mol. The van der Waals surface area contributed by atoms with E-state index < -0.39 is 11.6 Å². The molecule has 0 spiro atoms. The number of benzene rings is 1. The van der Waals surface area contributed by atoms with Crippen molar-refractivity contribution in [3.63, 3.8) is 0 Å². The van der Waals surface area contributed by atoms with Crippen LogP contribution in [0.1, 0.15) is 32.4 Å². The molecular weight excluding hydrogens is 264 g/mol. The maximum Gasteiger partial charge on any atom is 0.163 e. The van der Waals surface area contributed by atoms with Crippen molar-refractivity contribution < 1.29 is 18.3 Å². The van der Waals surface area contributed by atoms with Crippen molar-refractivity contribution in [3.05, 3.63) is 35.4 Å². The molecule has 0 aromatic heterocycles. The van der Waals surface area contributed by atoms with Crippen molar-refractivity contribution in [1.29, 1.82) is 0 Å². The molecule has 0 radical (unpaired) electrons. The van der Waals surface area contributed by atoms with Crippen LogP contribution in [0.2, 0.25) is 0 Å². The van der Waals surface area contributed by atoms with Crippen molar-refractivity contribution >= 4 is 0 Å². The molecule has 0 fully saturated rings. The highest BCUT2D eigenvalue weighted by atomic mass is 19.2. The van der Waals surface area contributed by atoms with Crippen LogP contribution < -0.4 is 5.32 Å². The summed E-state index contributed by atoms with van der Waals surface area (Å²) in [5.41, 5.74) is 0.0599. The molecule has 3 nitrogen and oxygen atoms in total. The van der Waals surface area contributed by atoms with Gasteiger partial charge in [0.2, 0.25) is 0 Å². The second-order valence-corrected chi connectivity index (χ2v) is 5.52. The van der Waals surface area contributed by atoms with Gasteiger partial charge in [0.05, 0.1) is 31.5 Å². The predicted octanol–water partition coefficient (Wildman–Crippen LogP) is 3.06. The zero-order valence-electron chi connectivity index (χ0n) is 12.5. The van der Waals surface area contributed by atoms with Gasteiger partial charge in [0, 0.05) is 5.56 Å². The first-order chi connectivity index (χ1) is 9.35. The summed E-state index contributed by atoms with van der Waals surface area (Å²) in [4.78, 5) is 0. The van der Waals surface area contributed by atoms with Gasteiger partial charge in [-0.05, 0) is 33.9 Å². The van der Waals surface area contributed by atoms with Gasteiger partial charge < -0.3 is 14.8 Å². The number of halogens is 2. The third kappa shape index (κ3) is 5.53. The van der Waals surface area contributed by atoms with Crippen molar-refractivity contribution in [2.45, 2.75) is 32.4 Å². The molecule has 0 saturated heterocycles. The third-order valence-corrected chi connectivity index (χ3v) is 2.75. The summed E-state index contributed by atoms with van der Waals surface area (Å²) in [7, 11) is 1.68. The fourth-order valence-electron chi connectivity index (χ4n) is 1.73. The summed E-state index contributed by atoms with van der Waals surface area (Å²) < 4.78 is 37.8. The highest BCUT2D eigenvalue weighted by Gasteiger charge is 2.17. The molecule has 1 rings (SSSR count). The van der Waals surface area contributed by atoms with E-state index in [-0.39, 0.29) is 23.8 Å². The highest BCUT2D eigenvalue weighted by Crippen LogP contribution is 2.19. The molecule has 20 heavy (non-hydrogen) atoms. The average molecular weight is 287 g/mol. The predicted molar refractivity (Wildman–Crippen MR) is 74.7 cm³/mol. The van der Waals surface area contributed by atoms with Gasteiger partial charge in [-0.15, -0.1) is 0 Å². The Morgan fingerprint density at radius 3 is 2.50 bits per heavy atom. The molecule has 114 valence electrons. The van der Waals surface area contributed by atoms with E-state index in [1.807, 2.05) is 20.8 Å². The molecule has 0 heterocycles. The molecule has 1 atom stereocenters. The minimum atomic E-state index is -0.848. The molecule has 1 unspecified atom stereocenters. The van der Waals surface area contributed by atoms with Gasteiger partial charge in [-0.25, -0.2) is 8.78 Å². The van der Waals surface area contributed by atoms with Crippen LogP contribution in [0.4, 0.5) is 8.78 Å². The summed E-state index contributed by atoms with van der Waals surface area (Å²) in [6, 6.07) is 3.75. The summed E-state index contributed by atoms with van der Waals surface area (Å²) >= 11 is 0. The molecule has 0 aliphatic heterocycles. The lowest BCUT2D eigenvalue weighted by atomic mass is 10.1. The lowest BCUT2D eigenvalue weighted by Gasteiger charge is -2.21. The largest absolute Gasteiger partial charge is 0.377 e. The molecule has 0 aliphatic carbocycles. The maximum atomic E-state index is 13.7. The number of nitrogens with one attached hydrogen (secondary N) is 1. The minimum Gasteiger partial charge on any atom is -0.377 e. The molecule has 1 aromatic carbocycles. The van der Waals surface area contributed by atoms with E-state index in [9.17, 15) is 8.78 Å². The second-order valence-electron chi connectivity index (χ2n) is 5.52. The number of hydrogen-bond donors (Lipinski definition) is 1. The SMILES string of the molecule is CNC(COCCOC(C)(C)C)c1cccc(F)c1F. The van der Waals surface area contributed by atoms with Crippen molar-refractivity contribution in [1.82, 2.24) is 5.32 Å². The summed E-state index contributed by atoms with van der Waals surface area (Å²) in [6.07, 6.45) is 0. The summed E-state index contributed by atoms with van der Waals surface area (Å²) in [6.45, 7) is 7.02. The summed E-state index contributed by atoms with van der Waals surface area (Å²) in [5.74, 6) is -1.68. The Morgan fingerprint density at radius 2 is 1.90 bits per heavy atom. The van der Waals surface area contributed by atoms with E-state index in [4.69, 9.17) is 9.47 Å². The van der Waals surface area contributed by atoms with Crippen molar-refractivity contribution in [3.8, 4) is 0 Å². The zero-order chi connectivity index (χ0) is 15.2. The van der Waals surface area contributed by atoms with Crippen molar-refractivity contribution in [2.24, 2.45) is 0 Å². The smallest absolute Gasteiger partial charge is 0.163 e. The van der Waals surface area contributed by atoms with Crippen LogP contribution in [0, 0.1) is 11.6 Å². The molecule has 1 N–H and O–H groups in total. The van der Waals surface area contributed by atoms with Gasteiger partial charge >= 0.3 is 0 Å². The number of ether oxygens (including phenoxy) is 2. The van der Waals surface area contributed by atoms with E-state index in [0.717, 1.165) is 6.07 Å². The zero-order valence-corrected chi connectivity index (χ0v) is 12.5. The van der Waals surface area contributed by atoms with Gasteiger partial charge in [0.25, 0.3) is 0 Å². The minimum absolute atomic E-state index is 0.208. The first kappa shape index (κ1) is 17.0. The Labute approximate surface area is 119 Å². The van der Waals surface area contributed by atoms with Gasteiger partial charge in [-0.1, -0.05) is 12.1 Å².